The number of fused-ring (bicyclic) bond motifs is 3. The Morgan fingerprint density at radius 2 is 1.78 bits per heavy atom. The van der Waals surface area contributed by atoms with Gasteiger partial charge in [-0.2, -0.15) is 0 Å². The van der Waals surface area contributed by atoms with E-state index in [1.165, 1.54) is 5.56 Å². The van der Waals surface area contributed by atoms with Crippen LogP contribution in [0.3, 0.4) is 0 Å². The Labute approximate surface area is 241 Å². The van der Waals surface area contributed by atoms with Crippen molar-refractivity contribution in [1.82, 2.24) is 4.98 Å². The van der Waals surface area contributed by atoms with Crippen LogP contribution in [0.4, 0.5) is 5.69 Å². The average Bonchev–Trinajstić information content (AvgIpc) is 3.30. The molecule has 0 N–H and O–H groups in total. The first-order chi connectivity index (χ1) is 19.6. The van der Waals surface area contributed by atoms with E-state index in [1.54, 1.807) is 19.5 Å². The fourth-order valence-electron chi connectivity index (χ4n) is 5.94. The van der Waals surface area contributed by atoms with Crippen LogP contribution in [0.2, 0.25) is 0 Å². The summed E-state index contributed by atoms with van der Waals surface area (Å²) in [6.07, 6.45) is 5.11. The molecular formula is C35H35N3O3. The molecule has 3 heterocycles. The summed E-state index contributed by atoms with van der Waals surface area (Å²) in [6, 6.07) is 23.6. The molecule has 2 aliphatic heterocycles. The predicted octanol–water partition coefficient (Wildman–Crippen LogP) is 6.82. The second-order valence-corrected chi connectivity index (χ2v) is 12.1. The largest absolute Gasteiger partial charge is 0.493 e. The molecule has 2 aliphatic rings. The number of ether oxygens (including phenoxy) is 2. The maximum atomic E-state index is 13.9. The number of amides is 1. The van der Waals surface area contributed by atoms with Crippen molar-refractivity contribution >= 4 is 17.3 Å². The third kappa shape index (κ3) is 5.22. The minimum absolute atomic E-state index is 0.0707. The molecule has 6 rings (SSSR count). The molecule has 0 aliphatic carbocycles. The van der Waals surface area contributed by atoms with E-state index in [0.717, 1.165) is 58.0 Å². The van der Waals surface area contributed by atoms with E-state index < -0.39 is 0 Å². The van der Waals surface area contributed by atoms with E-state index in [0.29, 0.717) is 12.1 Å². The first-order valence-corrected chi connectivity index (χ1v) is 14.0. The van der Waals surface area contributed by atoms with E-state index in [9.17, 15) is 4.79 Å². The van der Waals surface area contributed by atoms with Gasteiger partial charge in [0.05, 0.1) is 24.9 Å². The first-order valence-electron chi connectivity index (χ1n) is 14.0. The number of nitrogens with zero attached hydrogens (tertiary/aromatic N) is 3. The Kier molecular flexibility index (Phi) is 6.65. The summed E-state index contributed by atoms with van der Waals surface area (Å²) in [5.41, 5.74) is 7.09. The van der Waals surface area contributed by atoms with Crippen LogP contribution >= 0.6 is 0 Å². The summed E-state index contributed by atoms with van der Waals surface area (Å²) in [5.74, 6) is 1.50. The second kappa shape index (κ2) is 10.2. The van der Waals surface area contributed by atoms with Gasteiger partial charge in [0, 0.05) is 46.8 Å². The Morgan fingerprint density at radius 3 is 2.51 bits per heavy atom. The number of hydrogen-bond acceptors (Lipinski definition) is 5. The Morgan fingerprint density at radius 1 is 0.976 bits per heavy atom. The van der Waals surface area contributed by atoms with Crippen molar-refractivity contribution in [3.05, 3.63) is 119 Å². The van der Waals surface area contributed by atoms with Gasteiger partial charge >= 0.3 is 0 Å². The maximum Gasteiger partial charge on any atom is 0.258 e. The number of aliphatic imine (C=N–C) groups is 1. The molecule has 0 saturated heterocycles. The molecule has 0 spiro atoms. The van der Waals surface area contributed by atoms with Crippen LogP contribution in [-0.4, -0.2) is 34.9 Å². The SMILES string of the molecule is COc1cc2c(c3c1OC(C)(C)C3)C(c1cccc(N(Cc3cccnc3)C(=O)c3ccccc3)c1)=NC(C)(C)C2. The quantitative estimate of drug-likeness (QED) is 0.267. The summed E-state index contributed by atoms with van der Waals surface area (Å²) in [7, 11) is 1.70. The first kappa shape index (κ1) is 26.8. The monoisotopic (exact) mass is 545 g/mol. The number of carbonyl (C=O) groups excluding carboxylic acids is 1. The average molecular weight is 546 g/mol. The van der Waals surface area contributed by atoms with Crippen molar-refractivity contribution in [2.45, 2.75) is 58.2 Å². The normalized spacial score (nSPS) is 16.2. The highest BCUT2D eigenvalue weighted by Crippen LogP contribution is 2.48. The zero-order chi connectivity index (χ0) is 28.8. The van der Waals surface area contributed by atoms with Crippen molar-refractivity contribution in [2.75, 3.05) is 12.0 Å². The van der Waals surface area contributed by atoms with Crippen molar-refractivity contribution in [3.8, 4) is 11.5 Å². The van der Waals surface area contributed by atoms with Gasteiger partial charge in [0.25, 0.3) is 5.91 Å². The molecule has 0 fully saturated rings. The molecule has 41 heavy (non-hydrogen) atoms. The Bertz CT molecular complexity index is 1640. The van der Waals surface area contributed by atoms with E-state index in [4.69, 9.17) is 14.5 Å². The summed E-state index contributed by atoms with van der Waals surface area (Å²) in [4.78, 5) is 25.3. The highest BCUT2D eigenvalue weighted by molar-refractivity contribution is 6.17. The highest BCUT2D eigenvalue weighted by atomic mass is 16.5. The van der Waals surface area contributed by atoms with E-state index >= 15 is 0 Å². The van der Waals surface area contributed by atoms with E-state index in [1.807, 2.05) is 59.5 Å². The van der Waals surface area contributed by atoms with Crippen molar-refractivity contribution in [2.24, 2.45) is 4.99 Å². The van der Waals surface area contributed by atoms with Gasteiger partial charge in [-0.3, -0.25) is 14.8 Å². The van der Waals surface area contributed by atoms with Crippen LogP contribution in [0.15, 0.2) is 90.2 Å². The minimum atomic E-state index is -0.340. The number of rotatable bonds is 6. The third-order valence-electron chi connectivity index (χ3n) is 7.66. The smallest absolute Gasteiger partial charge is 0.258 e. The fourth-order valence-corrected chi connectivity index (χ4v) is 5.94. The molecule has 0 unspecified atom stereocenters. The predicted molar refractivity (Wildman–Crippen MR) is 162 cm³/mol. The van der Waals surface area contributed by atoms with E-state index in [-0.39, 0.29) is 17.0 Å². The number of carbonyl (C=O) groups is 1. The number of anilines is 1. The molecule has 6 nitrogen and oxygen atoms in total. The van der Waals surface area contributed by atoms with Gasteiger partial charge in [0.1, 0.15) is 5.60 Å². The highest BCUT2D eigenvalue weighted by Gasteiger charge is 2.39. The summed E-state index contributed by atoms with van der Waals surface area (Å²) >= 11 is 0. The molecule has 0 bridgehead atoms. The summed E-state index contributed by atoms with van der Waals surface area (Å²) < 4.78 is 12.2. The lowest BCUT2D eigenvalue weighted by Crippen LogP contribution is -2.32. The topological polar surface area (TPSA) is 64.0 Å². The van der Waals surface area contributed by atoms with Crippen LogP contribution in [-0.2, 0) is 19.4 Å². The van der Waals surface area contributed by atoms with Gasteiger partial charge in [-0.25, -0.2) is 0 Å². The molecule has 4 aromatic rings. The van der Waals surface area contributed by atoms with Crippen LogP contribution in [0.1, 0.15) is 65.9 Å². The maximum absolute atomic E-state index is 13.9. The molecule has 0 saturated carbocycles. The van der Waals surface area contributed by atoms with Gasteiger partial charge in [-0.15, -0.1) is 0 Å². The number of aromatic nitrogens is 1. The number of benzene rings is 3. The second-order valence-electron chi connectivity index (χ2n) is 12.1. The van der Waals surface area contributed by atoms with Gasteiger partial charge in [-0.1, -0.05) is 36.4 Å². The molecule has 3 aromatic carbocycles. The van der Waals surface area contributed by atoms with Crippen LogP contribution in [0.25, 0.3) is 0 Å². The van der Waals surface area contributed by atoms with Crippen molar-refractivity contribution in [1.29, 1.82) is 0 Å². The van der Waals surface area contributed by atoms with Gasteiger partial charge in [-0.05, 0) is 81.6 Å². The van der Waals surface area contributed by atoms with Crippen LogP contribution in [0.5, 0.6) is 11.5 Å². The molecular weight excluding hydrogens is 510 g/mol. The minimum Gasteiger partial charge on any atom is -0.493 e. The van der Waals surface area contributed by atoms with Crippen molar-refractivity contribution < 1.29 is 14.3 Å². The number of methoxy groups -OCH3 is 1. The lowest BCUT2D eigenvalue weighted by molar-refractivity contribution is 0.0985. The molecule has 1 amide bonds. The molecule has 6 heteroatoms. The summed E-state index contributed by atoms with van der Waals surface area (Å²) in [6.45, 7) is 8.93. The van der Waals surface area contributed by atoms with Gasteiger partial charge in [0.2, 0.25) is 0 Å². The fraction of sp³-hybridized carbons (Fsp3) is 0.286. The number of hydrogen-bond donors (Lipinski definition) is 0. The lowest BCUT2D eigenvalue weighted by Gasteiger charge is -2.31. The zero-order valence-electron chi connectivity index (χ0n) is 24.3. The standard InChI is InChI=1S/C35H35N3O3/c1-34(2)19-26-18-29(40-5)32-28(20-35(3,4)41-32)30(26)31(37-34)25-14-9-15-27(17-25)38(22-23-11-10-16-36-21-23)33(39)24-12-7-6-8-13-24/h6-18,21H,19-20,22H2,1-5H3. The Balaban J connectivity index is 1.48. The molecule has 0 radical (unpaired) electrons. The Hall–Kier alpha value is -4.45. The summed E-state index contributed by atoms with van der Waals surface area (Å²) in [5, 5.41) is 0. The zero-order valence-corrected chi connectivity index (χ0v) is 24.3. The van der Waals surface area contributed by atoms with E-state index in [2.05, 4.69) is 50.9 Å². The third-order valence-corrected chi connectivity index (χ3v) is 7.66. The lowest BCUT2D eigenvalue weighted by atomic mass is 9.81. The van der Waals surface area contributed by atoms with Gasteiger partial charge < -0.3 is 14.4 Å². The molecule has 1 aromatic heterocycles. The number of pyridine rings is 1. The molecule has 208 valence electrons. The van der Waals surface area contributed by atoms with Gasteiger partial charge in [0.15, 0.2) is 11.5 Å². The van der Waals surface area contributed by atoms with Crippen LogP contribution in [0, 0.1) is 0 Å². The molecule has 0 atom stereocenters. The van der Waals surface area contributed by atoms with Crippen molar-refractivity contribution in [3.63, 3.8) is 0 Å². The van der Waals surface area contributed by atoms with Crippen LogP contribution < -0.4 is 14.4 Å².